The van der Waals surface area contributed by atoms with E-state index in [1.165, 1.54) is 0 Å². The maximum Gasteiger partial charge on any atom is 0.154 e. The number of aliphatic hydroxyl groups is 1. The molecule has 0 saturated heterocycles. The number of imidazole rings is 1. The monoisotopic (exact) mass is 411 g/mol. The molecule has 0 unspecified atom stereocenters. The number of hydrogen-bond acceptors (Lipinski definition) is 6. The molecule has 0 aliphatic heterocycles. The van der Waals surface area contributed by atoms with Crippen LogP contribution in [0.15, 0.2) is 73.4 Å². The molecule has 0 bridgehead atoms. The fraction of sp³-hybridized carbons (Fsp3) is 0.130. The van der Waals surface area contributed by atoms with Crippen molar-refractivity contribution in [2.24, 2.45) is 5.73 Å². The maximum atomic E-state index is 9.48. The SMILES string of the molecule is NCCc1cccc(-c2cc(-n3ccnc3)c3cnn(-c4cccc(CO)n4)c3c2)n1. The molecule has 0 saturated carbocycles. The molecule has 0 radical (unpaired) electrons. The molecule has 1 aromatic carbocycles. The molecule has 0 aliphatic carbocycles. The second-order valence-corrected chi connectivity index (χ2v) is 7.15. The number of hydrogen-bond donors (Lipinski definition) is 2. The summed E-state index contributed by atoms with van der Waals surface area (Å²) in [5.74, 6) is 0.639. The summed E-state index contributed by atoms with van der Waals surface area (Å²) in [7, 11) is 0. The van der Waals surface area contributed by atoms with E-state index in [-0.39, 0.29) is 6.61 Å². The third-order valence-electron chi connectivity index (χ3n) is 5.12. The Morgan fingerprint density at radius 1 is 1.00 bits per heavy atom. The van der Waals surface area contributed by atoms with Crippen molar-refractivity contribution in [1.82, 2.24) is 29.3 Å². The zero-order chi connectivity index (χ0) is 21.2. The predicted molar refractivity (Wildman–Crippen MR) is 118 cm³/mol. The quantitative estimate of drug-likeness (QED) is 0.445. The van der Waals surface area contributed by atoms with Gasteiger partial charge in [-0.2, -0.15) is 5.10 Å². The lowest BCUT2D eigenvalue weighted by molar-refractivity contribution is 0.276. The van der Waals surface area contributed by atoms with E-state index in [0.29, 0.717) is 18.1 Å². The Morgan fingerprint density at radius 3 is 2.68 bits per heavy atom. The molecular formula is C23H21N7O. The third-order valence-corrected chi connectivity index (χ3v) is 5.12. The molecule has 5 rings (SSSR count). The van der Waals surface area contributed by atoms with Crippen LogP contribution in [-0.4, -0.2) is 41.0 Å². The highest BCUT2D eigenvalue weighted by Gasteiger charge is 2.15. The van der Waals surface area contributed by atoms with Crippen molar-refractivity contribution in [2.45, 2.75) is 13.0 Å². The average Bonchev–Trinajstić information content (AvgIpc) is 3.49. The zero-order valence-electron chi connectivity index (χ0n) is 16.8. The largest absolute Gasteiger partial charge is 0.390 e. The Labute approximate surface area is 178 Å². The molecule has 4 heterocycles. The number of pyridine rings is 2. The fourth-order valence-electron chi connectivity index (χ4n) is 3.65. The Morgan fingerprint density at radius 2 is 1.87 bits per heavy atom. The molecule has 0 aliphatic rings. The van der Waals surface area contributed by atoms with Gasteiger partial charge in [-0.1, -0.05) is 12.1 Å². The van der Waals surface area contributed by atoms with Crippen LogP contribution in [0.2, 0.25) is 0 Å². The standard InChI is InChI=1S/C23H21N7O/c24-8-7-17-3-1-5-20(27-17)16-11-21(29-10-9-25-15-29)19-13-26-30(22(19)12-16)23-6-2-4-18(14-31)28-23/h1-6,9-13,15,31H,7-8,14,24H2. The van der Waals surface area contributed by atoms with Crippen LogP contribution in [0, 0.1) is 0 Å². The second kappa shape index (κ2) is 8.10. The average molecular weight is 411 g/mol. The minimum atomic E-state index is -0.129. The fourth-order valence-corrected chi connectivity index (χ4v) is 3.65. The molecule has 31 heavy (non-hydrogen) atoms. The van der Waals surface area contributed by atoms with E-state index in [2.05, 4.69) is 27.2 Å². The number of rotatable bonds is 6. The molecule has 8 nitrogen and oxygen atoms in total. The zero-order valence-corrected chi connectivity index (χ0v) is 16.8. The van der Waals surface area contributed by atoms with E-state index in [9.17, 15) is 5.11 Å². The van der Waals surface area contributed by atoms with E-state index in [0.717, 1.165) is 40.0 Å². The van der Waals surface area contributed by atoms with Gasteiger partial charge in [0.15, 0.2) is 5.82 Å². The van der Waals surface area contributed by atoms with Crippen LogP contribution < -0.4 is 5.73 Å². The highest BCUT2D eigenvalue weighted by Crippen LogP contribution is 2.30. The molecular weight excluding hydrogens is 390 g/mol. The van der Waals surface area contributed by atoms with E-state index in [1.54, 1.807) is 23.3 Å². The topological polar surface area (TPSA) is 108 Å². The lowest BCUT2D eigenvalue weighted by Crippen LogP contribution is -2.05. The summed E-state index contributed by atoms with van der Waals surface area (Å²) in [4.78, 5) is 13.5. The minimum Gasteiger partial charge on any atom is -0.390 e. The van der Waals surface area contributed by atoms with Gasteiger partial charge in [-0.25, -0.2) is 14.6 Å². The van der Waals surface area contributed by atoms with Crippen LogP contribution in [0.25, 0.3) is 33.7 Å². The van der Waals surface area contributed by atoms with E-state index in [4.69, 9.17) is 10.7 Å². The highest BCUT2D eigenvalue weighted by molar-refractivity contribution is 5.92. The Kier molecular flexibility index (Phi) is 4.99. The van der Waals surface area contributed by atoms with Crippen molar-refractivity contribution in [3.8, 4) is 22.8 Å². The molecule has 5 aromatic rings. The van der Waals surface area contributed by atoms with Crippen LogP contribution in [0.1, 0.15) is 11.4 Å². The summed E-state index contributed by atoms with van der Waals surface area (Å²) in [6.07, 6.45) is 7.95. The number of aliphatic hydroxyl groups excluding tert-OH is 1. The summed E-state index contributed by atoms with van der Waals surface area (Å²) in [5, 5.41) is 15.0. The van der Waals surface area contributed by atoms with Gasteiger partial charge < -0.3 is 15.4 Å². The van der Waals surface area contributed by atoms with Gasteiger partial charge >= 0.3 is 0 Å². The van der Waals surface area contributed by atoms with Gasteiger partial charge in [0, 0.05) is 35.5 Å². The smallest absolute Gasteiger partial charge is 0.154 e. The predicted octanol–water partition coefficient (Wildman–Crippen LogP) is 2.66. The van der Waals surface area contributed by atoms with E-state index in [1.807, 2.05) is 47.3 Å². The molecule has 0 spiro atoms. The summed E-state index contributed by atoms with van der Waals surface area (Å²) in [6.45, 7) is 0.422. The van der Waals surface area contributed by atoms with Gasteiger partial charge in [-0.15, -0.1) is 0 Å². The highest BCUT2D eigenvalue weighted by atomic mass is 16.3. The van der Waals surface area contributed by atoms with Crippen LogP contribution >= 0.6 is 0 Å². The van der Waals surface area contributed by atoms with Gasteiger partial charge in [-0.3, -0.25) is 4.98 Å². The Hall–Kier alpha value is -3.88. The first kappa shape index (κ1) is 19.1. The van der Waals surface area contributed by atoms with Crippen molar-refractivity contribution in [3.05, 3.63) is 84.8 Å². The maximum absolute atomic E-state index is 9.48. The van der Waals surface area contributed by atoms with Gasteiger partial charge in [0.2, 0.25) is 0 Å². The third kappa shape index (κ3) is 3.58. The Bertz CT molecular complexity index is 1340. The van der Waals surface area contributed by atoms with Crippen LogP contribution in [0.4, 0.5) is 0 Å². The number of nitrogens with two attached hydrogens (primary N) is 1. The first-order valence-electron chi connectivity index (χ1n) is 10.0. The van der Waals surface area contributed by atoms with Crippen molar-refractivity contribution >= 4 is 10.9 Å². The van der Waals surface area contributed by atoms with Crippen molar-refractivity contribution in [2.75, 3.05) is 6.54 Å². The van der Waals surface area contributed by atoms with Crippen LogP contribution in [-0.2, 0) is 13.0 Å². The molecule has 8 heteroatoms. The summed E-state index contributed by atoms with van der Waals surface area (Å²) in [6, 6.07) is 15.6. The molecule has 0 amide bonds. The number of fused-ring (bicyclic) bond motifs is 1. The number of benzene rings is 1. The van der Waals surface area contributed by atoms with Crippen LogP contribution in [0.3, 0.4) is 0 Å². The van der Waals surface area contributed by atoms with Gasteiger partial charge in [0.25, 0.3) is 0 Å². The number of aromatic nitrogens is 6. The molecule has 154 valence electrons. The van der Waals surface area contributed by atoms with Gasteiger partial charge in [0.1, 0.15) is 0 Å². The van der Waals surface area contributed by atoms with Crippen LogP contribution in [0.5, 0.6) is 0 Å². The second-order valence-electron chi connectivity index (χ2n) is 7.15. The molecule has 4 aromatic heterocycles. The first-order chi connectivity index (χ1) is 15.3. The van der Waals surface area contributed by atoms with Gasteiger partial charge in [0.05, 0.1) is 41.7 Å². The minimum absolute atomic E-state index is 0.129. The summed E-state index contributed by atoms with van der Waals surface area (Å²) >= 11 is 0. The normalized spacial score (nSPS) is 11.3. The lowest BCUT2D eigenvalue weighted by atomic mass is 10.1. The van der Waals surface area contributed by atoms with Crippen molar-refractivity contribution in [3.63, 3.8) is 0 Å². The van der Waals surface area contributed by atoms with Crippen molar-refractivity contribution in [1.29, 1.82) is 0 Å². The van der Waals surface area contributed by atoms with E-state index >= 15 is 0 Å². The molecule has 0 atom stereocenters. The van der Waals surface area contributed by atoms with Crippen molar-refractivity contribution < 1.29 is 5.11 Å². The molecule has 0 fully saturated rings. The first-order valence-corrected chi connectivity index (χ1v) is 10.0. The molecule has 3 N–H and O–H groups in total. The summed E-state index contributed by atoms with van der Waals surface area (Å²) < 4.78 is 3.74. The summed E-state index contributed by atoms with van der Waals surface area (Å²) in [5.41, 5.74) is 10.9. The Balaban J connectivity index is 1.74. The lowest BCUT2D eigenvalue weighted by Gasteiger charge is -2.11. The van der Waals surface area contributed by atoms with E-state index < -0.39 is 0 Å². The van der Waals surface area contributed by atoms with Gasteiger partial charge in [-0.05, 0) is 42.9 Å². The number of nitrogens with zero attached hydrogens (tertiary/aromatic N) is 6.